The Balaban J connectivity index is 1.80. The van der Waals surface area contributed by atoms with Gasteiger partial charge in [0.2, 0.25) is 0 Å². The molecule has 0 aliphatic carbocycles. The highest BCUT2D eigenvalue weighted by Gasteiger charge is 2.21. The zero-order valence-corrected chi connectivity index (χ0v) is 16.0. The monoisotopic (exact) mass is 418 g/mol. The third kappa shape index (κ3) is 3.80. The van der Waals surface area contributed by atoms with E-state index in [1.807, 2.05) is 19.2 Å². The third-order valence-corrected chi connectivity index (χ3v) is 5.06. The van der Waals surface area contributed by atoms with Gasteiger partial charge in [0.15, 0.2) is 0 Å². The van der Waals surface area contributed by atoms with E-state index in [4.69, 9.17) is 5.11 Å². The van der Waals surface area contributed by atoms with Crippen LogP contribution in [0.3, 0.4) is 0 Å². The lowest BCUT2D eigenvalue weighted by molar-refractivity contribution is 0.0697. The normalized spacial score (nSPS) is 17.0. The maximum Gasteiger partial charge on any atom is 0.335 e. The molecule has 0 fully saturated rings. The Labute approximate surface area is 159 Å². The molecule has 8 heteroatoms. The first-order chi connectivity index (χ1) is 12.3. The molecule has 1 aliphatic rings. The van der Waals surface area contributed by atoms with Crippen molar-refractivity contribution in [3.8, 4) is 0 Å². The number of rotatable bonds is 4. The van der Waals surface area contributed by atoms with Gasteiger partial charge in [-0.15, -0.1) is 0 Å². The van der Waals surface area contributed by atoms with Crippen LogP contribution in [0.25, 0.3) is 5.57 Å². The summed E-state index contributed by atoms with van der Waals surface area (Å²) < 4.78 is 1.73. The Morgan fingerprint density at radius 2 is 2.00 bits per heavy atom. The predicted molar refractivity (Wildman–Crippen MR) is 103 cm³/mol. The quantitative estimate of drug-likeness (QED) is 0.792. The minimum atomic E-state index is -0.936. The molecule has 0 radical (unpaired) electrons. The summed E-state index contributed by atoms with van der Waals surface area (Å²) in [5.74, 6) is -0.936. The fraction of sp³-hybridized carbons (Fsp3) is 0.278. The van der Waals surface area contributed by atoms with Gasteiger partial charge in [0.1, 0.15) is 4.47 Å². The highest BCUT2D eigenvalue weighted by molar-refractivity contribution is 9.10. The lowest BCUT2D eigenvalue weighted by atomic mass is 9.95. The van der Waals surface area contributed by atoms with Crippen molar-refractivity contribution in [2.75, 3.05) is 18.9 Å². The van der Waals surface area contributed by atoms with Crippen molar-refractivity contribution in [3.63, 3.8) is 0 Å². The van der Waals surface area contributed by atoms with Crippen LogP contribution < -0.4 is 10.9 Å². The molecule has 2 aromatic rings. The highest BCUT2D eigenvalue weighted by Crippen LogP contribution is 2.27. The molecule has 0 saturated carbocycles. The molecule has 2 N–H and O–H groups in total. The van der Waals surface area contributed by atoms with Crippen molar-refractivity contribution < 1.29 is 9.90 Å². The van der Waals surface area contributed by atoms with Crippen LogP contribution >= 0.6 is 15.9 Å². The fourth-order valence-electron chi connectivity index (χ4n) is 3.00. The molecule has 0 spiro atoms. The number of likely N-dealkylation sites (N-methyl/N-ethyl adjacent to an activating group) is 1. The second-order valence-electron chi connectivity index (χ2n) is 6.32. The van der Waals surface area contributed by atoms with Crippen LogP contribution in [0.5, 0.6) is 0 Å². The summed E-state index contributed by atoms with van der Waals surface area (Å²) in [5, 5.41) is 16.5. The van der Waals surface area contributed by atoms with E-state index in [1.165, 1.54) is 4.68 Å². The first-order valence-electron chi connectivity index (χ1n) is 8.08. The Hall–Kier alpha value is -2.61. The van der Waals surface area contributed by atoms with Crippen molar-refractivity contribution in [2.24, 2.45) is 7.05 Å². The minimum Gasteiger partial charge on any atom is -0.478 e. The predicted octanol–water partition coefficient (Wildman–Crippen LogP) is 2.40. The molecule has 26 heavy (non-hydrogen) atoms. The van der Waals surface area contributed by atoms with Crippen LogP contribution in [-0.2, 0) is 7.05 Å². The zero-order chi connectivity index (χ0) is 18.8. The van der Waals surface area contributed by atoms with Crippen molar-refractivity contribution in [2.45, 2.75) is 12.5 Å². The number of carboxylic acids is 1. The summed E-state index contributed by atoms with van der Waals surface area (Å²) in [6, 6.07) is 6.94. The van der Waals surface area contributed by atoms with Crippen LogP contribution in [0.4, 0.5) is 5.69 Å². The minimum absolute atomic E-state index is 0.0874. The molecule has 136 valence electrons. The summed E-state index contributed by atoms with van der Waals surface area (Å²) >= 11 is 3.33. The van der Waals surface area contributed by atoms with Gasteiger partial charge in [-0.25, -0.2) is 9.48 Å². The molecule has 1 aliphatic heterocycles. The number of nitrogens with zero attached hydrogens (tertiary/aromatic N) is 3. The lowest BCUT2D eigenvalue weighted by Crippen LogP contribution is -2.36. The van der Waals surface area contributed by atoms with E-state index >= 15 is 0 Å². The summed E-state index contributed by atoms with van der Waals surface area (Å²) in [4.78, 5) is 25.1. The van der Waals surface area contributed by atoms with E-state index in [1.54, 1.807) is 25.4 Å². The Bertz CT molecular complexity index is 921. The summed E-state index contributed by atoms with van der Waals surface area (Å²) in [6.45, 7) is 0.776. The average molecular weight is 419 g/mol. The van der Waals surface area contributed by atoms with Gasteiger partial charge in [-0.2, -0.15) is 5.10 Å². The molecule has 1 aromatic heterocycles. The van der Waals surface area contributed by atoms with E-state index in [-0.39, 0.29) is 17.2 Å². The number of anilines is 1. The van der Waals surface area contributed by atoms with Gasteiger partial charge in [0.25, 0.3) is 5.56 Å². The van der Waals surface area contributed by atoms with Gasteiger partial charge >= 0.3 is 5.97 Å². The number of carbonyl (C=O) groups is 1. The second-order valence-corrected chi connectivity index (χ2v) is 7.12. The van der Waals surface area contributed by atoms with Crippen molar-refractivity contribution in [1.29, 1.82) is 0 Å². The van der Waals surface area contributed by atoms with Crippen LogP contribution in [0, 0.1) is 0 Å². The molecule has 0 saturated heterocycles. The molecule has 1 atom stereocenters. The van der Waals surface area contributed by atoms with Crippen LogP contribution in [-0.4, -0.2) is 45.4 Å². The maximum absolute atomic E-state index is 12.0. The molecule has 1 aromatic carbocycles. The Morgan fingerprint density at radius 3 is 2.65 bits per heavy atom. The highest BCUT2D eigenvalue weighted by atomic mass is 79.9. The lowest BCUT2D eigenvalue weighted by Gasteiger charge is -2.31. The van der Waals surface area contributed by atoms with Gasteiger partial charge in [-0.3, -0.25) is 4.79 Å². The van der Waals surface area contributed by atoms with Gasteiger partial charge < -0.3 is 15.3 Å². The number of nitrogens with one attached hydrogen (secondary N) is 1. The topological polar surface area (TPSA) is 87.5 Å². The first kappa shape index (κ1) is 18.2. The number of carboxylic acid groups (broad SMARTS) is 1. The van der Waals surface area contributed by atoms with Crippen LogP contribution in [0.1, 0.15) is 22.3 Å². The smallest absolute Gasteiger partial charge is 0.335 e. The number of aromatic nitrogens is 2. The van der Waals surface area contributed by atoms with Crippen LogP contribution in [0.15, 0.2) is 45.9 Å². The molecule has 1 unspecified atom stereocenters. The molecule has 7 nitrogen and oxygen atoms in total. The van der Waals surface area contributed by atoms with Gasteiger partial charge in [-0.05, 0) is 45.6 Å². The molecule has 3 rings (SSSR count). The molecular weight excluding hydrogens is 400 g/mol. The first-order valence-corrected chi connectivity index (χ1v) is 8.87. The van der Waals surface area contributed by atoms with Crippen molar-refractivity contribution in [3.05, 3.63) is 62.6 Å². The molecule has 2 heterocycles. The van der Waals surface area contributed by atoms with Gasteiger partial charge in [0.05, 0.1) is 17.4 Å². The largest absolute Gasteiger partial charge is 0.478 e. The molecule has 0 bridgehead atoms. The second kappa shape index (κ2) is 7.33. The number of hydrogen-bond donors (Lipinski definition) is 2. The number of benzene rings is 1. The number of halogens is 1. The molecular formula is C18H19BrN4O3. The van der Waals surface area contributed by atoms with E-state index in [9.17, 15) is 9.59 Å². The zero-order valence-electron chi connectivity index (χ0n) is 14.4. The average Bonchev–Trinajstić information content (AvgIpc) is 2.62. The molecule has 0 amide bonds. The number of aromatic carboxylic acids is 1. The van der Waals surface area contributed by atoms with E-state index in [2.05, 4.69) is 37.4 Å². The standard InChI is InChI=1S/C18H19BrN4O3/c1-22-9-13(11-3-5-12(6-4-11)18(25)26)7-14(10-22)21-15-8-20-23(2)17(24)16(15)19/h3-6,8-9,14,21H,7,10H2,1-2H3,(H,25,26). The van der Waals surface area contributed by atoms with E-state index in [0.717, 1.165) is 24.1 Å². The Morgan fingerprint density at radius 1 is 1.31 bits per heavy atom. The summed E-state index contributed by atoms with van der Waals surface area (Å²) in [7, 11) is 3.59. The number of hydrogen-bond acceptors (Lipinski definition) is 5. The summed E-state index contributed by atoms with van der Waals surface area (Å²) in [6.07, 6.45) is 4.44. The van der Waals surface area contributed by atoms with E-state index < -0.39 is 5.97 Å². The number of aryl methyl sites for hydroxylation is 1. The van der Waals surface area contributed by atoms with Crippen molar-refractivity contribution >= 4 is 33.2 Å². The van der Waals surface area contributed by atoms with E-state index in [0.29, 0.717) is 10.2 Å². The third-order valence-electron chi connectivity index (χ3n) is 4.29. The van der Waals surface area contributed by atoms with Gasteiger partial charge in [0, 0.05) is 32.9 Å². The van der Waals surface area contributed by atoms with Crippen molar-refractivity contribution in [1.82, 2.24) is 14.7 Å². The Kier molecular flexibility index (Phi) is 5.13. The SMILES string of the molecule is CN1C=C(c2ccc(C(=O)O)cc2)CC(Nc2cnn(C)c(=O)c2Br)C1. The maximum atomic E-state index is 12.0. The van der Waals surface area contributed by atoms with Gasteiger partial charge in [-0.1, -0.05) is 12.1 Å². The summed E-state index contributed by atoms with van der Waals surface area (Å²) in [5.41, 5.74) is 2.81. The van der Waals surface area contributed by atoms with Crippen LogP contribution in [0.2, 0.25) is 0 Å². The fourth-order valence-corrected chi connectivity index (χ4v) is 3.47.